The average molecular weight is 348 g/mol. The minimum absolute atomic E-state index is 0.226. The number of aromatic nitrogens is 3. The summed E-state index contributed by atoms with van der Waals surface area (Å²) in [5, 5.41) is 3.51. The lowest BCUT2D eigenvalue weighted by molar-refractivity contribution is 1.26. The largest absolute Gasteiger partial charge is 0.397 e. The molecule has 0 aliphatic rings. The summed E-state index contributed by atoms with van der Waals surface area (Å²) >= 11 is 1.47. The summed E-state index contributed by atoms with van der Waals surface area (Å²) in [6.07, 6.45) is 3.47. The second-order valence-corrected chi connectivity index (χ2v) is 6.86. The van der Waals surface area contributed by atoms with Crippen LogP contribution in [0.25, 0.3) is 32.7 Å². The van der Waals surface area contributed by atoms with Crippen molar-refractivity contribution in [1.29, 1.82) is 0 Å². The van der Waals surface area contributed by atoms with Gasteiger partial charge < -0.3 is 10.7 Å². The molecular weight excluding hydrogens is 332 g/mol. The summed E-state index contributed by atoms with van der Waals surface area (Å²) in [5.74, 6) is 0. The van der Waals surface area contributed by atoms with Crippen molar-refractivity contribution in [3.05, 3.63) is 63.5 Å². The number of hydrogen-bond donors (Lipinski definition) is 2. The summed E-state index contributed by atoms with van der Waals surface area (Å²) in [4.78, 5) is 24.3. The van der Waals surface area contributed by atoms with Crippen LogP contribution in [0.3, 0.4) is 0 Å². The molecule has 0 fully saturated rings. The van der Waals surface area contributed by atoms with Crippen molar-refractivity contribution in [2.45, 2.75) is 13.8 Å². The molecule has 0 aliphatic heterocycles. The van der Waals surface area contributed by atoms with E-state index in [9.17, 15) is 4.79 Å². The fraction of sp³-hybridized carbons (Fsp3) is 0.105. The summed E-state index contributed by atoms with van der Waals surface area (Å²) < 4.78 is 0. The van der Waals surface area contributed by atoms with Crippen LogP contribution < -0.4 is 11.3 Å². The molecule has 0 saturated heterocycles. The Hall–Kier alpha value is -2.99. The third-order valence-electron chi connectivity index (χ3n) is 4.34. The van der Waals surface area contributed by atoms with Gasteiger partial charge in [-0.15, -0.1) is 11.3 Å². The van der Waals surface area contributed by atoms with E-state index in [2.05, 4.69) is 15.0 Å². The molecule has 3 heterocycles. The number of pyridine rings is 2. The smallest absolute Gasteiger partial charge is 0.260 e. The number of aromatic amines is 1. The molecule has 0 atom stereocenters. The van der Waals surface area contributed by atoms with Gasteiger partial charge in [0, 0.05) is 28.7 Å². The quantitative estimate of drug-likeness (QED) is 0.575. The van der Waals surface area contributed by atoms with Crippen molar-refractivity contribution in [2.24, 2.45) is 0 Å². The molecule has 25 heavy (non-hydrogen) atoms. The van der Waals surface area contributed by atoms with E-state index in [0.717, 1.165) is 32.6 Å². The fourth-order valence-electron chi connectivity index (χ4n) is 2.85. The van der Waals surface area contributed by atoms with Crippen LogP contribution in [0.4, 0.5) is 5.69 Å². The third-order valence-corrected chi connectivity index (χ3v) is 5.23. The summed E-state index contributed by atoms with van der Waals surface area (Å²) in [7, 11) is 0. The molecule has 0 aliphatic carbocycles. The Labute approximate surface area is 148 Å². The van der Waals surface area contributed by atoms with E-state index in [1.54, 1.807) is 12.4 Å². The molecule has 0 bridgehead atoms. The molecule has 6 heteroatoms. The molecule has 0 radical (unpaired) electrons. The highest BCUT2D eigenvalue weighted by Crippen LogP contribution is 2.33. The molecule has 3 aromatic heterocycles. The lowest BCUT2D eigenvalue weighted by Crippen LogP contribution is -2.13. The standard InChI is InChI=1S/C19H16N4OS/c1-10-6-13-14(7-11(10)2)22-18(24)16(17(13)20)15-9-25-19(23-15)12-4-3-5-21-8-12/h3-9H,1-2H3,(H3,20,22,24). The van der Waals surface area contributed by atoms with Crippen LogP contribution in [0.15, 0.2) is 46.8 Å². The predicted octanol–water partition coefficient (Wildman–Crippen LogP) is 3.91. The molecular formula is C19H16N4OS. The van der Waals surface area contributed by atoms with Gasteiger partial charge in [-0.25, -0.2) is 4.98 Å². The van der Waals surface area contributed by atoms with Crippen LogP contribution in [-0.2, 0) is 0 Å². The molecule has 0 amide bonds. The second kappa shape index (κ2) is 5.82. The number of nitrogen functional groups attached to an aromatic ring is 1. The lowest BCUT2D eigenvalue weighted by atomic mass is 10.0. The van der Waals surface area contributed by atoms with Crippen molar-refractivity contribution in [3.8, 4) is 21.8 Å². The molecule has 4 aromatic rings. The molecule has 124 valence electrons. The highest BCUT2D eigenvalue weighted by molar-refractivity contribution is 7.13. The molecule has 5 nitrogen and oxygen atoms in total. The number of rotatable bonds is 2. The third kappa shape index (κ3) is 2.60. The lowest BCUT2D eigenvalue weighted by Gasteiger charge is -2.09. The van der Waals surface area contributed by atoms with Gasteiger partial charge in [-0.05, 0) is 49.2 Å². The number of nitrogens with zero attached hydrogens (tertiary/aromatic N) is 2. The van der Waals surface area contributed by atoms with Gasteiger partial charge >= 0.3 is 0 Å². The van der Waals surface area contributed by atoms with Gasteiger partial charge in [-0.1, -0.05) is 0 Å². The Balaban J connectivity index is 1.91. The van der Waals surface area contributed by atoms with Gasteiger partial charge in [0.15, 0.2) is 0 Å². The Bertz CT molecular complexity index is 1150. The number of anilines is 1. The van der Waals surface area contributed by atoms with Crippen LogP contribution in [0.5, 0.6) is 0 Å². The molecule has 0 saturated carbocycles. The fourth-order valence-corrected chi connectivity index (χ4v) is 3.65. The van der Waals surface area contributed by atoms with Gasteiger partial charge in [0.25, 0.3) is 5.56 Å². The Morgan fingerprint density at radius 1 is 1.20 bits per heavy atom. The zero-order valence-corrected chi connectivity index (χ0v) is 14.6. The molecule has 3 N–H and O–H groups in total. The zero-order valence-electron chi connectivity index (χ0n) is 13.8. The van der Waals surface area contributed by atoms with Crippen molar-refractivity contribution in [2.75, 3.05) is 5.73 Å². The highest BCUT2D eigenvalue weighted by Gasteiger charge is 2.16. The average Bonchev–Trinajstić information content (AvgIpc) is 3.07. The van der Waals surface area contributed by atoms with Crippen molar-refractivity contribution in [1.82, 2.24) is 15.0 Å². The van der Waals surface area contributed by atoms with Gasteiger partial charge in [-0.2, -0.15) is 0 Å². The number of hydrogen-bond acceptors (Lipinski definition) is 5. The molecule has 0 unspecified atom stereocenters. The van der Waals surface area contributed by atoms with Crippen molar-refractivity contribution < 1.29 is 0 Å². The number of nitrogens with one attached hydrogen (secondary N) is 1. The van der Waals surface area contributed by atoms with Gasteiger partial charge in [-0.3, -0.25) is 9.78 Å². The van der Waals surface area contributed by atoms with E-state index >= 15 is 0 Å². The number of fused-ring (bicyclic) bond motifs is 1. The van der Waals surface area contributed by atoms with Crippen LogP contribution in [0.1, 0.15) is 11.1 Å². The summed E-state index contributed by atoms with van der Waals surface area (Å²) in [6, 6.07) is 7.76. The van der Waals surface area contributed by atoms with E-state index in [4.69, 9.17) is 5.73 Å². The maximum Gasteiger partial charge on any atom is 0.260 e. The molecule has 0 spiro atoms. The Morgan fingerprint density at radius 2 is 2.00 bits per heavy atom. The first kappa shape index (κ1) is 15.5. The van der Waals surface area contributed by atoms with Gasteiger partial charge in [0.1, 0.15) is 5.01 Å². The van der Waals surface area contributed by atoms with E-state index in [-0.39, 0.29) is 5.56 Å². The monoisotopic (exact) mass is 348 g/mol. The maximum absolute atomic E-state index is 12.6. The number of thiazole rings is 1. The van der Waals surface area contributed by atoms with Crippen molar-refractivity contribution >= 4 is 27.9 Å². The van der Waals surface area contributed by atoms with Crippen LogP contribution in [0, 0.1) is 13.8 Å². The Kier molecular flexibility index (Phi) is 3.62. The minimum Gasteiger partial charge on any atom is -0.397 e. The SMILES string of the molecule is Cc1cc2[nH]c(=O)c(-c3csc(-c4cccnc4)n3)c(N)c2cc1C. The number of aryl methyl sites for hydroxylation is 2. The number of nitrogens with two attached hydrogens (primary N) is 1. The van der Waals surface area contributed by atoms with Crippen LogP contribution in [0.2, 0.25) is 0 Å². The zero-order chi connectivity index (χ0) is 17.6. The number of benzene rings is 1. The van der Waals surface area contributed by atoms with E-state index in [0.29, 0.717) is 16.9 Å². The van der Waals surface area contributed by atoms with Gasteiger partial charge in [0.05, 0.1) is 22.5 Å². The van der Waals surface area contributed by atoms with E-state index in [1.807, 2.05) is 43.5 Å². The van der Waals surface area contributed by atoms with Crippen molar-refractivity contribution in [3.63, 3.8) is 0 Å². The first-order chi connectivity index (χ1) is 12.0. The van der Waals surface area contributed by atoms with Crippen LogP contribution in [-0.4, -0.2) is 15.0 Å². The summed E-state index contributed by atoms with van der Waals surface area (Å²) in [6.45, 7) is 4.04. The number of H-pyrrole nitrogens is 1. The normalized spacial score (nSPS) is 11.1. The molecule has 1 aromatic carbocycles. The van der Waals surface area contributed by atoms with Crippen LogP contribution >= 0.6 is 11.3 Å². The first-order valence-corrected chi connectivity index (χ1v) is 8.71. The predicted molar refractivity (Wildman–Crippen MR) is 103 cm³/mol. The Morgan fingerprint density at radius 3 is 2.76 bits per heavy atom. The summed E-state index contributed by atoms with van der Waals surface area (Å²) in [5.41, 5.74) is 11.5. The first-order valence-electron chi connectivity index (χ1n) is 7.83. The second-order valence-electron chi connectivity index (χ2n) is 6.00. The minimum atomic E-state index is -0.226. The van der Waals surface area contributed by atoms with E-state index < -0.39 is 0 Å². The topological polar surface area (TPSA) is 84.7 Å². The van der Waals surface area contributed by atoms with Gasteiger partial charge in [0.2, 0.25) is 0 Å². The maximum atomic E-state index is 12.6. The molecule has 4 rings (SSSR count). The highest BCUT2D eigenvalue weighted by atomic mass is 32.1. The van der Waals surface area contributed by atoms with E-state index in [1.165, 1.54) is 11.3 Å².